The van der Waals surface area contributed by atoms with Crippen molar-refractivity contribution in [3.63, 3.8) is 0 Å². The van der Waals surface area contributed by atoms with E-state index < -0.39 is 0 Å². The van der Waals surface area contributed by atoms with Crippen LogP contribution in [0.3, 0.4) is 0 Å². The summed E-state index contributed by atoms with van der Waals surface area (Å²) in [5.74, 6) is 0.630. The topological polar surface area (TPSA) is 39.4 Å². The fraction of sp³-hybridized carbons (Fsp3) is 0.400. The second-order valence-electron chi connectivity index (χ2n) is 4.58. The van der Waals surface area contributed by atoms with Crippen molar-refractivity contribution < 1.29 is 13.9 Å². The molecule has 0 saturated carbocycles. The van der Waals surface area contributed by atoms with Gasteiger partial charge in [-0.05, 0) is 43.4 Å². The van der Waals surface area contributed by atoms with Gasteiger partial charge in [-0.2, -0.15) is 11.8 Å². The quantitative estimate of drug-likeness (QED) is 0.620. The first-order chi connectivity index (χ1) is 9.11. The van der Waals surface area contributed by atoms with Gasteiger partial charge in [-0.3, -0.25) is 4.79 Å². The Morgan fingerprint density at radius 2 is 2.05 bits per heavy atom. The van der Waals surface area contributed by atoms with Crippen molar-refractivity contribution in [2.75, 3.05) is 18.6 Å². The molecule has 1 heterocycles. The predicted molar refractivity (Wildman–Crippen MR) is 78.7 cm³/mol. The number of esters is 1. The van der Waals surface area contributed by atoms with Crippen molar-refractivity contribution in [1.29, 1.82) is 0 Å². The zero-order valence-corrected chi connectivity index (χ0v) is 12.3. The smallest absolute Gasteiger partial charge is 0.310 e. The number of fused-ring (bicyclic) bond motifs is 1. The van der Waals surface area contributed by atoms with Crippen LogP contribution in [-0.2, 0) is 16.0 Å². The molecule has 1 aromatic carbocycles. The Balaban J connectivity index is 2.13. The van der Waals surface area contributed by atoms with Gasteiger partial charge in [0, 0.05) is 16.7 Å². The van der Waals surface area contributed by atoms with Crippen LogP contribution in [0.1, 0.15) is 16.7 Å². The Kier molecular flexibility index (Phi) is 4.53. The maximum absolute atomic E-state index is 11.7. The highest BCUT2D eigenvalue weighted by Crippen LogP contribution is 2.25. The van der Waals surface area contributed by atoms with Gasteiger partial charge in [0.2, 0.25) is 0 Å². The Bertz CT molecular complexity index is 586. The number of aryl methyl sites for hydroxylation is 2. The van der Waals surface area contributed by atoms with E-state index in [2.05, 4.69) is 13.0 Å². The monoisotopic (exact) mass is 278 g/mol. The molecule has 0 unspecified atom stereocenters. The van der Waals surface area contributed by atoms with Gasteiger partial charge in [-0.15, -0.1) is 0 Å². The van der Waals surface area contributed by atoms with Crippen LogP contribution in [0.5, 0.6) is 0 Å². The maximum atomic E-state index is 11.7. The Hall–Kier alpha value is -1.42. The van der Waals surface area contributed by atoms with E-state index in [-0.39, 0.29) is 12.4 Å². The van der Waals surface area contributed by atoms with Gasteiger partial charge in [0.25, 0.3) is 0 Å². The number of carbonyl (C=O) groups excluding carboxylic acids is 1. The van der Waals surface area contributed by atoms with Crippen molar-refractivity contribution in [3.8, 4) is 0 Å². The summed E-state index contributed by atoms with van der Waals surface area (Å²) in [6.45, 7) is 4.57. The number of hydrogen-bond donors (Lipinski definition) is 0. The summed E-state index contributed by atoms with van der Waals surface area (Å²) in [7, 11) is 0. The summed E-state index contributed by atoms with van der Waals surface area (Å²) in [5.41, 5.74) is 4.11. The molecule has 2 rings (SSSR count). The molecule has 0 saturated heterocycles. The zero-order valence-electron chi connectivity index (χ0n) is 11.5. The highest BCUT2D eigenvalue weighted by Gasteiger charge is 2.12. The van der Waals surface area contributed by atoms with Crippen LogP contribution in [0.2, 0.25) is 0 Å². The molecule has 0 N–H and O–H groups in total. The standard InChI is InChI=1S/C15H18O3S/c1-10-6-13-12(8-15(16)17-4-5-19-3)9-18-14(13)7-11(10)2/h6-7,9H,4-5,8H2,1-3H3. The van der Waals surface area contributed by atoms with Crippen molar-refractivity contribution >= 4 is 28.7 Å². The third kappa shape index (κ3) is 3.32. The zero-order chi connectivity index (χ0) is 13.8. The van der Waals surface area contributed by atoms with E-state index in [1.165, 1.54) is 11.1 Å². The van der Waals surface area contributed by atoms with E-state index in [4.69, 9.17) is 9.15 Å². The third-order valence-electron chi connectivity index (χ3n) is 3.16. The number of benzene rings is 1. The summed E-state index contributed by atoms with van der Waals surface area (Å²) in [4.78, 5) is 11.7. The summed E-state index contributed by atoms with van der Waals surface area (Å²) >= 11 is 1.66. The number of furan rings is 1. The molecule has 0 aliphatic rings. The number of ether oxygens (including phenoxy) is 1. The summed E-state index contributed by atoms with van der Waals surface area (Å²) in [6, 6.07) is 4.08. The molecule has 0 aliphatic carbocycles. The molecule has 0 radical (unpaired) electrons. The number of hydrogen-bond acceptors (Lipinski definition) is 4. The summed E-state index contributed by atoms with van der Waals surface area (Å²) in [6.07, 6.45) is 3.91. The number of thioether (sulfide) groups is 1. The Labute approximate surface area is 117 Å². The minimum atomic E-state index is -0.199. The molecule has 1 aromatic heterocycles. The van der Waals surface area contributed by atoms with Gasteiger partial charge in [-0.25, -0.2) is 0 Å². The van der Waals surface area contributed by atoms with E-state index in [0.717, 1.165) is 22.3 Å². The lowest BCUT2D eigenvalue weighted by atomic mass is 10.0. The minimum absolute atomic E-state index is 0.199. The fourth-order valence-electron chi connectivity index (χ4n) is 1.92. The lowest BCUT2D eigenvalue weighted by Gasteiger charge is -2.03. The van der Waals surface area contributed by atoms with Crippen LogP contribution in [-0.4, -0.2) is 24.6 Å². The highest BCUT2D eigenvalue weighted by molar-refractivity contribution is 7.98. The van der Waals surface area contributed by atoms with Crippen LogP contribution in [0.25, 0.3) is 11.0 Å². The van der Waals surface area contributed by atoms with Gasteiger partial charge in [0.1, 0.15) is 12.2 Å². The minimum Gasteiger partial charge on any atom is -0.465 e. The maximum Gasteiger partial charge on any atom is 0.310 e. The largest absolute Gasteiger partial charge is 0.465 e. The highest BCUT2D eigenvalue weighted by atomic mass is 32.2. The normalized spacial score (nSPS) is 10.9. The molecule has 102 valence electrons. The molecule has 2 aromatic rings. The van der Waals surface area contributed by atoms with Gasteiger partial charge < -0.3 is 9.15 Å². The van der Waals surface area contributed by atoms with Crippen LogP contribution in [0.15, 0.2) is 22.8 Å². The third-order valence-corrected chi connectivity index (χ3v) is 3.73. The Morgan fingerprint density at radius 1 is 1.32 bits per heavy atom. The second kappa shape index (κ2) is 6.15. The SMILES string of the molecule is CSCCOC(=O)Cc1coc2cc(C)c(C)cc12. The fourth-order valence-corrected chi connectivity index (χ4v) is 2.17. The van der Waals surface area contributed by atoms with E-state index in [0.29, 0.717) is 6.61 Å². The average Bonchev–Trinajstić information content (AvgIpc) is 2.73. The van der Waals surface area contributed by atoms with E-state index >= 15 is 0 Å². The molecule has 3 nitrogen and oxygen atoms in total. The molecular weight excluding hydrogens is 260 g/mol. The molecule has 0 atom stereocenters. The van der Waals surface area contributed by atoms with Crippen molar-refractivity contribution in [2.45, 2.75) is 20.3 Å². The molecule has 0 bridgehead atoms. The van der Waals surface area contributed by atoms with Gasteiger partial charge in [-0.1, -0.05) is 0 Å². The van der Waals surface area contributed by atoms with Crippen molar-refractivity contribution in [2.24, 2.45) is 0 Å². The van der Waals surface area contributed by atoms with Gasteiger partial charge in [0.15, 0.2) is 0 Å². The van der Waals surface area contributed by atoms with E-state index in [9.17, 15) is 4.79 Å². The second-order valence-corrected chi connectivity index (χ2v) is 5.57. The summed E-state index contributed by atoms with van der Waals surface area (Å²) < 4.78 is 10.7. The molecular formula is C15H18O3S. The van der Waals surface area contributed by atoms with Crippen molar-refractivity contribution in [1.82, 2.24) is 0 Å². The number of rotatable bonds is 5. The first kappa shape index (κ1) is 14.0. The van der Waals surface area contributed by atoms with Crippen LogP contribution >= 0.6 is 11.8 Å². The van der Waals surface area contributed by atoms with Crippen LogP contribution in [0, 0.1) is 13.8 Å². The van der Waals surface area contributed by atoms with Crippen LogP contribution in [0.4, 0.5) is 0 Å². The lowest BCUT2D eigenvalue weighted by Crippen LogP contribution is -2.09. The summed E-state index contributed by atoms with van der Waals surface area (Å²) in [5, 5.41) is 1.00. The molecule has 19 heavy (non-hydrogen) atoms. The number of carbonyl (C=O) groups is 1. The van der Waals surface area contributed by atoms with Crippen molar-refractivity contribution in [3.05, 3.63) is 35.1 Å². The molecule has 0 fully saturated rings. The molecule has 4 heteroatoms. The predicted octanol–water partition coefficient (Wildman–Crippen LogP) is 3.50. The molecule has 0 spiro atoms. The first-order valence-corrected chi connectivity index (χ1v) is 7.63. The van der Waals surface area contributed by atoms with Crippen LogP contribution < -0.4 is 0 Å². The molecule has 0 aliphatic heterocycles. The van der Waals surface area contributed by atoms with E-state index in [1.54, 1.807) is 18.0 Å². The van der Waals surface area contributed by atoms with Gasteiger partial charge in [0.05, 0.1) is 12.7 Å². The first-order valence-electron chi connectivity index (χ1n) is 6.23. The lowest BCUT2D eigenvalue weighted by molar-refractivity contribution is -0.142. The van der Waals surface area contributed by atoms with E-state index in [1.807, 2.05) is 19.2 Å². The molecule has 0 amide bonds. The van der Waals surface area contributed by atoms with Gasteiger partial charge >= 0.3 is 5.97 Å². The average molecular weight is 278 g/mol. The Morgan fingerprint density at radius 3 is 2.79 bits per heavy atom.